The van der Waals surface area contributed by atoms with Crippen molar-refractivity contribution in [1.29, 1.82) is 0 Å². The molecule has 1 unspecified atom stereocenters. The molecule has 0 aliphatic heterocycles. The highest BCUT2D eigenvalue weighted by atomic mass is 15.1. The van der Waals surface area contributed by atoms with E-state index in [1.165, 1.54) is 5.39 Å². The van der Waals surface area contributed by atoms with Gasteiger partial charge < -0.3 is 5.32 Å². The van der Waals surface area contributed by atoms with Crippen LogP contribution in [0.4, 0.5) is 0 Å². The molecule has 0 fully saturated rings. The van der Waals surface area contributed by atoms with Crippen LogP contribution in [-0.2, 0) is 6.42 Å². The molecule has 0 radical (unpaired) electrons. The van der Waals surface area contributed by atoms with Crippen molar-refractivity contribution in [3.05, 3.63) is 36.2 Å². The molecule has 1 aromatic heterocycles. The molecule has 0 amide bonds. The van der Waals surface area contributed by atoms with E-state index in [1.54, 1.807) is 0 Å². The highest BCUT2D eigenvalue weighted by Crippen LogP contribution is 2.24. The first-order valence-electron chi connectivity index (χ1n) is 6.95. The van der Waals surface area contributed by atoms with E-state index in [1.807, 2.05) is 12.3 Å². The molecule has 0 spiro atoms. The zero-order chi connectivity index (χ0) is 13.9. The molecule has 1 aromatic carbocycles. The molecule has 3 nitrogen and oxygen atoms in total. The van der Waals surface area contributed by atoms with E-state index in [0.29, 0.717) is 6.04 Å². The largest absolute Gasteiger partial charge is 0.313 e. The Balaban J connectivity index is 2.34. The van der Waals surface area contributed by atoms with Crippen LogP contribution in [0.2, 0.25) is 0 Å². The Hall–Kier alpha value is -1.48. The van der Waals surface area contributed by atoms with Gasteiger partial charge in [-0.2, -0.15) is 10.2 Å². The second-order valence-corrected chi connectivity index (χ2v) is 6.06. The third-order valence-electron chi connectivity index (χ3n) is 3.54. The van der Waals surface area contributed by atoms with E-state index in [2.05, 4.69) is 61.4 Å². The van der Waals surface area contributed by atoms with Crippen LogP contribution < -0.4 is 5.32 Å². The highest BCUT2D eigenvalue weighted by Gasteiger charge is 2.25. The predicted octanol–water partition coefficient (Wildman–Crippen LogP) is 3.20. The first kappa shape index (κ1) is 13.9. The van der Waals surface area contributed by atoms with Gasteiger partial charge in [-0.1, -0.05) is 52.0 Å². The SMILES string of the molecule is CCNC(Cc1nncc2ccccc12)C(C)(C)C. The average Bonchev–Trinajstić information content (AvgIpc) is 2.37. The van der Waals surface area contributed by atoms with Gasteiger partial charge in [0.1, 0.15) is 0 Å². The fourth-order valence-electron chi connectivity index (χ4n) is 2.36. The minimum absolute atomic E-state index is 0.203. The minimum atomic E-state index is 0.203. The Morgan fingerprint density at radius 2 is 1.95 bits per heavy atom. The normalized spacial score (nSPS) is 13.7. The lowest BCUT2D eigenvalue weighted by Gasteiger charge is -2.31. The van der Waals surface area contributed by atoms with Crippen LogP contribution in [0.3, 0.4) is 0 Å². The molecule has 1 heterocycles. The molecule has 0 saturated carbocycles. The molecular weight excluding hydrogens is 234 g/mol. The van der Waals surface area contributed by atoms with Gasteiger partial charge in [0.05, 0.1) is 11.9 Å². The zero-order valence-electron chi connectivity index (χ0n) is 12.3. The summed E-state index contributed by atoms with van der Waals surface area (Å²) in [6, 6.07) is 8.72. The van der Waals surface area contributed by atoms with Crippen molar-refractivity contribution in [3.8, 4) is 0 Å². The van der Waals surface area contributed by atoms with Gasteiger partial charge in [0, 0.05) is 23.2 Å². The molecule has 0 aliphatic rings. The number of nitrogens with zero attached hydrogens (tertiary/aromatic N) is 2. The van der Waals surface area contributed by atoms with Gasteiger partial charge in [-0.25, -0.2) is 0 Å². The van der Waals surface area contributed by atoms with Crippen LogP contribution in [0.1, 0.15) is 33.4 Å². The summed E-state index contributed by atoms with van der Waals surface area (Å²) in [6.45, 7) is 9.91. The fourth-order valence-corrected chi connectivity index (χ4v) is 2.36. The van der Waals surface area contributed by atoms with Crippen LogP contribution in [0.25, 0.3) is 10.8 Å². The van der Waals surface area contributed by atoms with Gasteiger partial charge in [-0.15, -0.1) is 0 Å². The molecule has 19 heavy (non-hydrogen) atoms. The first-order chi connectivity index (χ1) is 9.02. The lowest BCUT2D eigenvalue weighted by molar-refractivity contribution is 0.268. The van der Waals surface area contributed by atoms with Crippen molar-refractivity contribution in [1.82, 2.24) is 15.5 Å². The van der Waals surface area contributed by atoms with Crippen molar-refractivity contribution < 1.29 is 0 Å². The van der Waals surface area contributed by atoms with Gasteiger partial charge >= 0.3 is 0 Å². The maximum Gasteiger partial charge on any atom is 0.0725 e. The highest BCUT2D eigenvalue weighted by molar-refractivity contribution is 5.83. The average molecular weight is 257 g/mol. The topological polar surface area (TPSA) is 37.8 Å². The number of rotatable bonds is 4. The quantitative estimate of drug-likeness (QED) is 0.914. The molecule has 2 rings (SSSR count). The monoisotopic (exact) mass is 257 g/mol. The van der Waals surface area contributed by atoms with Gasteiger partial charge in [-0.05, 0) is 12.0 Å². The van der Waals surface area contributed by atoms with Crippen LogP contribution in [0.15, 0.2) is 30.5 Å². The number of benzene rings is 1. The van der Waals surface area contributed by atoms with Gasteiger partial charge in [0.25, 0.3) is 0 Å². The molecule has 102 valence electrons. The smallest absolute Gasteiger partial charge is 0.0725 e. The van der Waals surface area contributed by atoms with Crippen LogP contribution in [0, 0.1) is 5.41 Å². The van der Waals surface area contributed by atoms with Crippen LogP contribution in [0.5, 0.6) is 0 Å². The Morgan fingerprint density at radius 3 is 2.63 bits per heavy atom. The number of aromatic nitrogens is 2. The summed E-state index contributed by atoms with van der Waals surface area (Å²) >= 11 is 0. The molecule has 1 N–H and O–H groups in total. The molecule has 0 aliphatic carbocycles. The predicted molar refractivity (Wildman–Crippen MR) is 80.2 cm³/mol. The van der Waals surface area contributed by atoms with Crippen molar-refractivity contribution in [2.24, 2.45) is 5.41 Å². The zero-order valence-corrected chi connectivity index (χ0v) is 12.3. The number of hydrogen-bond acceptors (Lipinski definition) is 3. The maximum atomic E-state index is 4.35. The minimum Gasteiger partial charge on any atom is -0.313 e. The Kier molecular flexibility index (Phi) is 4.15. The second kappa shape index (κ2) is 5.66. The summed E-state index contributed by atoms with van der Waals surface area (Å²) in [4.78, 5) is 0. The summed E-state index contributed by atoms with van der Waals surface area (Å²) in [6.07, 6.45) is 2.74. The van der Waals surface area contributed by atoms with E-state index >= 15 is 0 Å². The fraction of sp³-hybridized carbons (Fsp3) is 0.500. The lowest BCUT2D eigenvalue weighted by Crippen LogP contribution is -2.42. The van der Waals surface area contributed by atoms with Gasteiger partial charge in [0.2, 0.25) is 0 Å². The van der Waals surface area contributed by atoms with E-state index in [-0.39, 0.29) is 5.41 Å². The van der Waals surface area contributed by atoms with Crippen molar-refractivity contribution >= 4 is 10.8 Å². The van der Waals surface area contributed by atoms with Crippen LogP contribution in [-0.4, -0.2) is 22.8 Å². The summed E-state index contributed by atoms with van der Waals surface area (Å²) < 4.78 is 0. The van der Waals surface area contributed by atoms with E-state index in [0.717, 1.165) is 24.0 Å². The van der Waals surface area contributed by atoms with Crippen molar-refractivity contribution in [2.75, 3.05) is 6.54 Å². The molecule has 0 saturated heterocycles. The first-order valence-corrected chi connectivity index (χ1v) is 6.95. The van der Waals surface area contributed by atoms with E-state index in [4.69, 9.17) is 0 Å². The Morgan fingerprint density at radius 1 is 1.21 bits per heavy atom. The lowest BCUT2D eigenvalue weighted by atomic mass is 9.83. The van der Waals surface area contributed by atoms with E-state index in [9.17, 15) is 0 Å². The Bertz CT molecular complexity index is 538. The summed E-state index contributed by atoms with van der Waals surface area (Å²) in [7, 11) is 0. The maximum absolute atomic E-state index is 4.35. The van der Waals surface area contributed by atoms with Crippen LogP contribution >= 0.6 is 0 Å². The van der Waals surface area contributed by atoms with Crippen molar-refractivity contribution in [2.45, 2.75) is 40.2 Å². The summed E-state index contributed by atoms with van der Waals surface area (Å²) in [5, 5.41) is 14.4. The summed E-state index contributed by atoms with van der Waals surface area (Å²) in [5.41, 5.74) is 1.29. The standard InChI is InChI=1S/C16H23N3/c1-5-17-15(16(2,3)4)10-14-13-9-7-6-8-12(13)11-18-19-14/h6-9,11,15,17H,5,10H2,1-4H3. The summed E-state index contributed by atoms with van der Waals surface area (Å²) in [5.74, 6) is 0. The third kappa shape index (κ3) is 3.29. The molecule has 0 bridgehead atoms. The number of likely N-dealkylation sites (N-methyl/N-ethyl adjacent to an activating group) is 1. The molecule has 3 heteroatoms. The van der Waals surface area contributed by atoms with E-state index < -0.39 is 0 Å². The number of fused-ring (bicyclic) bond motifs is 1. The third-order valence-corrected chi connectivity index (χ3v) is 3.54. The molecule has 1 atom stereocenters. The molecular formula is C16H23N3. The van der Waals surface area contributed by atoms with Gasteiger partial charge in [0.15, 0.2) is 0 Å². The van der Waals surface area contributed by atoms with Gasteiger partial charge in [-0.3, -0.25) is 0 Å². The van der Waals surface area contributed by atoms with Crippen molar-refractivity contribution in [3.63, 3.8) is 0 Å². The second-order valence-electron chi connectivity index (χ2n) is 6.06. The number of hydrogen-bond donors (Lipinski definition) is 1. The Labute approximate surface area is 115 Å². The molecule has 2 aromatic rings. The number of nitrogens with one attached hydrogen (secondary N) is 1.